The molecule has 7 N–H and O–H groups in total. The molecule has 0 radical (unpaired) electrons. The standard InChI is InChI=1S/C4H12N2O4/c5-4(9)3(8)2(7)1-6-10/h2-4,6-10H,1,5H2/t2-,3-,4?/m0/s1. The van der Waals surface area contributed by atoms with E-state index >= 15 is 0 Å². The van der Waals surface area contributed by atoms with Gasteiger partial charge in [-0.3, -0.25) is 0 Å². The van der Waals surface area contributed by atoms with Crippen molar-refractivity contribution in [3.8, 4) is 0 Å². The largest absolute Gasteiger partial charge is 0.389 e. The monoisotopic (exact) mass is 152 g/mol. The van der Waals surface area contributed by atoms with Gasteiger partial charge in [0.25, 0.3) is 0 Å². The van der Waals surface area contributed by atoms with E-state index in [-0.39, 0.29) is 6.54 Å². The van der Waals surface area contributed by atoms with Gasteiger partial charge in [-0.15, -0.1) is 0 Å². The lowest BCUT2D eigenvalue weighted by molar-refractivity contribution is -0.0648. The first-order valence-electron chi connectivity index (χ1n) is 2.76. The molecular weight excluding hydrogens is 140 g/mol. The van der Waals surface area contributed by atoms with Crippen LogP contribution >= 0.6 is 0 Å². The van der Waals surface area contributed by atoms with Gasteiger partial charge in [0.15, 0.2) is 0 Å². The van der Waals surface area contributed by atoms with E-state index in [9.17, 15) is 0 Å². The van der Waals surface area contributed by atoms with Crippen molar-refractivity contribution in [1.29, 1.82) is 0 Å². The van der Waals surface area contributed by atoms with Crippen molar-refractivity contribution in [2.24, 2.45) is 5.73 Å². The Morgan fingerprint density at radius 1 is 1.30 bits per heavy atom. The first kappa shape index (κ1) is 9.76. The van der Waals surface area contributed by atoms with Crippen LogP contribution in [0.1, 0.15) is 0 Å². The number of aliphatic hydroxyl groups is 3. The molecule has 10 heavy (non-hydrogen) atoms. The van der Waals surface area contributed by atoms with E-state index in [1.807, 2.05) is 0 Å². The lowest BCUT2D eigenvalue weighted by atomic mass is 10.2. The zero-order valence-electron chi connectivity index (χ0n) is 5.31. The van der Waals surface area contributed by atoms with Crippen LogP contribution in [-0.4, -0.2) is 45.5 Å². The van der Waals surface area contributed by atoms with Crippen LogP contribution in [0.2, 0.25) is 0 Å². The second kappa shape index (κ2) is 4.56. The van der Waals surface area contributed by atoms with Crippen LogP contribution in [0.5, 0.6) is 0 Å². The molecule has 0 bridgehead atoms. The number of rotatable bonds is 4. The summed E-state index contributed by atoms with van der Waals surface area (Å²) in [5.74, 6) is 0. The summed E-state index contributed by atoms with van der Waals surface area (Å²) >= 11 is 0. The summed E-state index contributed by atoms with van der Waals surface area (Å²) in [5.41, 5.74) is 6.43. The second-order valence-electron chi connectivity index (χ2n) is 1.91. The van der Waals surface area contributed by atoms with Crippen molar-refractivity contribution in [2.45, 2.75) is 18.4 Å². The van der Waals surface area contributed by atoms with Crippen LogP contribution in [0.4, 0.5) is 0 Å². The first-order valence-corrected chi connectivity index (χ1v) is 2.76. The van der Waals surface area contributed by atoms with E-state index < -0.39 is 18.4 Å². The van der Waals surface area contributed by atoms with E-state index in [0.29, 0.717) is 0 Å². The molecule has 0 aliphatic heterocycles. The number of hydrogen-bond acceptors (Lipinski definition) is 6. The normalized spacial score (nSPS) is 20.1. The van der Waals surface area contributed by atoms with Crippen LogP contribution in [0.25, 0.3) is 0 Å². The second-order valence-corrected chi connectivity index (χ2v) is 1.91. The number of hydrogen-bond donors (Lipinski definition) is 6. The maximum absolute atomic E-state index is 8.78. The van der Waals surface area contributed by atoms with E-state index in [1.165, 1.54) is 0 Å². The number of nitrogens with one attached hydrogen (secondary N) is 1. The number of hydroxylamine groups is 1. The number of nitrogens with two attached hydrogens (primary N) is 1. The van der Waals surface area contributed by atoms with Crippen molar-refractivity contribution < 1.29 is 20.5 Å². The van der Waals surface area contributed by atoms with Crippen molar-refractivity contribution in [3.05, 3.63) is 0 Å². The van der Waals surface area contributed by atoms with Crippen molar-refractivity contribution in [3.63, 3.8) is 0 Å². The minimum atomic E-state index is -1.50. The Morgan fingerprint density at radius 3 is 2.10 bits per heavy atom. The van der Waals surface area contributed by atoms with Gasteiger partial charge in [-0.2, -0.15) is 0 Å². The Hall–Kier alpha value is -0.240. The van der Waals surface area contributed by atoms with Crippen LogP contribution in [0.3, 0.4) is 0 Å². The molecule has 6 nitrogen and oxygen atoms in total. The first-order chi connectivity index (χ1) is 4.59. The van der Waals surface area contributed by atoms with Gasteiger partial charge in [0.05, 0.1) is 6.10 Å². The predicted molar refractivity (Wildman–Crippen MR) is 32.0 cm³/mol. The van der Waals surface area contributed by atoms with Gasteiger partial charge in [0, 0.05) is 6.54 Å². The van der Waals surface area contributed by atoms with Gasteiger partial charge in [0.1, 0.15) is 12.3 Å². The fourth-order valence-electron chi connectivity index (χ4n) is 0.442. The third-order valence-corrected chi connectivity index (χ3v) is 1.04. The van der Waals surface area contributed by atoms with E-state index in [4.69, 9.17) is 26.3 Å². The third kappa shape index (κ3) is 3.06. The Morgan fingerprint density at radius 2 is 1.80 bits per heavy atom. The average Bonchev–Trinajstić information content (AvgIpc) is 1.87. The highest BCUT2D eigenvalue weighted by molar-refractivity contribution is 4.71. The van der Waals surface area contributed by atoms with Gasteiger partial charge in [-0.05, 0) is 0 Å². The minimum absolute atomic E-state index is 0.241. The van der Waals surface area contributed by atoms with Crippen LogP contribution in [0.15, 0.2) is 0 Å². The smallest absolute Gasteiger partial charge is 0.131 e. The summed E-state index contributed by atoms with van der Waals surface area (Å²) in [4.78, 5) is 0. The molecule has 0 aliphatic carbocycles. The fourth-order valence-corrected chi connectivity index (χ4v) is 0.442. The van der Waals surface area contributed by atoms with Crippen molar-refractivity contribution in [1.82, 2.24) is 5.48 Å². The van der Waals surface area contributed by atoms with Crippen LogP contribution < -0.4 is 11.2 Å². The molecule has 0 aliphatic rings. The predicted octanol–water partition coefficient (Wildman–Crippen LogP) is -3.04. The zero-order valence-corrected chi connectivity index (χ0v) is 5.31. The SMILES string of the molecule is NC(O)[C@@H](O)[C@@H](O)CNO. The number of aliphatic hydroxyl groups excluding tert-OH is 3. The highest BCUT2D eigenvalue weighted by atomic mass is 16.5. The summed E-state index contributed by atoms with van der Waals surface area (Å²) in [6, 6.07) is 0. The molecule has 0 amide bonds. The molecular formula is C4H12N2O4. The van der Waals surface area contributed by atoms with E-state index in [2.05, 4.69) is 0 Å². The van der Waals surface area contributed by atoms with Crippen LogP contribution in [-0.2, 0) is 0 Å². The highest BCUT2D eigenvalue weighted by Gasteiger charge is 2.20. The summed E-state index contributed by atoms with van der Waals surface area (Å²) < 4.78 is 0. The lowest BCUT2D eigenvalue weighted by Gasteiger charge is -2.18. The molecule has 6 heteroatoms. The van der Waals surface area contributed by atoms with Crippen LogP contribution in [0, 0.1) is 0 Å². The molecule has 0 spiro atoms. The molecule has 62 valence electrons. The van der Waals surface area contributed by atoms with Gasteiger partial charge in [-0.25, -0.2) is 5.48 Å². The van der Waals surface area contributed by atoms with Crippen molar-refractivity contribution >= 4 is 0 Å². The summed E-state index contributed by atoms with van der Waals surface area (Å²) in [7, 11) is 0. The van der Waals surface area contributed by atoms with E-state index in [1.54, 1.807) is 5.48 Å². The molecule has 0 saturated heterocycles. The highest BCUT2D eigenvalue weighted by Crippen LogP contribution is 1.93. The van der Waals surface area contributed by atoms with Gasteiger partial charge in [-0.1, -0.05) is 0 Å². The maximum atomic E-state index is 8.78. The quantitative estimate of drug-likeness (QED) is 0.188. The Balaban J connectivity index is 3.58. The van der Waals surface area contributed by atoms with Crippen molar-refractivity contribution in [2.75, 3.05) is 6.54 Å². The molecule has 3 atom stereocenters. The molecule has 1 unspecified atom stereocenters. The summed E-state index contributed by atoms with van der Waals surface area (Å²) in [6.45, 7) is -0.241. The maximum Gasteiger partial charge on any atom is 0.131 e. The molecule has 0 aromatic heterocycles. The topological polar surface area (TPSA) is 119 Å². The Kier molecular flexibility index (Phi) is 4.45. The molecule has 0 heterocycles. The Bertz CT molecular complexity index is 89.3. The van der Waals surface area contributed by atoms with Gasteiger partial charge >= 0.3 is 0 Å². The fraction of sp³-hybridized carbons (Fsp3) is 1.00. The molecule has 0 aromatic carbocycles. The Labute approximate surface area is 57.9 Å². The molecule has 0 saturated carbocycles. The van der Waals surface area contributed by atoms with E-state index in [0.717, 1.165) is 0 Å². The molecule has 0 aromatic rings. The average molecular weight is 152 g/mol. The molecule has 0 rings (SSSR count). The summed E-state index contributed by atoms with van der Waals surface area (Å²) in [6.07, 6.45) is -4.21. The summed E-state index contributed by atoms with van der Waals surface area (Å²) in [5, 5.41) is 34.0. The zero-order chi connectivity index (χ0) is 8.15. The van der Waals surface area contributed by atoms with Gasteiger partial charge in [0.2, 0.25) is 0 Å². The minimum Gasteiger partial charge on any atom is -0.389 e. The third-order valence-electron chi connectivity index (χ3n) is 1.04. The van der Waals surface area contributed by atoms with Gasteiger partial charge < -0.3 is 26.3 Å². The lowest BCUT2D eigenvalue weighted by Crippen LogP contribution is -2.46. The molecule has 0 fully saturated rings.